The Hall–Kier alpha value is -3.02. The SMILES string of the molecule is CN(C(=O)NNC(=O)Nc1ccccc1)c1ccccc1. The van der Waals surface area contributed by atoms with Crippen molar-refractivity contribution in [3.8, 4) is 0 Å². The van der Waals surface area contributed by atoms with Gasteiger partial charge in [-0.15, -0.1) is 0 Å². The van der Waals surface area contributed by atoms with Gasteiger partial charge >= 0.3 is 12.1 Å². The van der Waals surface area contributed by atoms with E-state index in [1.54, 1.807) is 43.4 Å². The molecular weight excluding hydrogens is 268 g/mol. The van der Waals surface area contributed by atoms with Crippen LogP contribution in [0.25, 0.3) is 0 Å². The van der Waals surface area contributed by atoms with Crippen LogP contribution in [0.5, 0.6) is 0 Å². The minimum Gasteiger partial charge on any atom is -0.307 e. The molecule has 0 saturated heterocycles. The van der Waals surface area contributed by atoms with Crippen molar-refractivity contribution in [3.63, 3.8) is 0 Å². The molecule has 3 N–H and O–H groups in total. The number of amides is 4. The van der Waals surface area contributed by atoms with E-state index in [2.05, 4.69) is 16.2 Å². The van der Waals surface area contributed by atoms with E-state index >= 15 is 0 Å². The molecule has 21 heavy (non-hydrogen) atoms. The minimum atomic E-state index is -0.518. The summed E-state index contributed by atoms with van der Waals surface area (Å²) in [7, 11) is 1.61. The van der Waals surface area contributed by atoms with Crippen LogP contribution >= 0.6 is 0 Å². The Labute approximate surface area is 122 Å². The maximum atomic E-state index is 11.9. The van der Waals surface area contributed by atoms with Crippen LogP contribution in [0.4, 0.5) is 21.0 Å². The summed E-state index contributed by atoms with van der Waals surface area (Å²) in [6, 6.07) is 17.1. The number of hydrogen-bond acceptors (Lipinski definition) is 2. The van der Waals surface area contributed by atoms with Gasteiger partial charge in [0.25, 0.3) is 0 Å². The van der Waals surface area contributed by atoms with Crippen molar-refractivity contribution in [2.24, 2.45) is 0 Å². The molecule has 2 aromatic rings. The molecule has 2 aromatic carbocycles. The number of hydrogen-bond donors (Lipinski definition) is 3. The van der Waals surface area contributed by atoms with Crippen molar-refractivity contribution < 1.29 is 9.59 Å². The van der Waals surface area contributed by atoms with Gasteiger partial charge in [0.1, 0.15) is 0 Å². The van der Waals surface area contributed by atoms with Gasteiger partial charge in [0, 0.05) is 18.4 Å². The predicted molar refractivity (Wildman–Crippen MR) is 82.0 cm³/mol. The van der Waals surface area contributed by atoms with Crippen LogP contribution < -0.4 is 21.1 Å². The molecule has 0 fully saturated rings. The Balaban J connectivity index is 1.82. The predicted octanol–water partition coefficient (Wildman–Crippen LogP) is 2.57. The van der Waals surface area contributed by atoms with E-state index in [9.17, 15) is 9.59 Å². The van der Waals surface area contributed by atoms with Gasteiger partial charge in [-0.1, -0.05) is 36.4 Å². The smallest absolute Gasteiger partial charge is 0.307 e. The number of benzene rings is 2. The summed E-state index contributed by atoms with van der Waals surface area (Å²) >= 11 is 0. The van der Waals surface area contributed by atoms with Crippen molar-refractivity contribution >= 4 is 23.4 Å². The molecule has 4 amide bonds. The van der Waals surface area contributed by atoms with Gasteiger partial charge in [0.05, 0.1) is 0 Å². The highest BCUT2D eigenvalue weighted by atomic mass is 16.2. The summed E-state index contributed by atoms with van der Waals surface area (Å²) in [5, 5.41) is 2.59. The number of urea groups is 2. The molecule has 0 heterocycles. The summed E-state index contributed by atoms with van der Waals surface area (Å²) < 4.78 is 0. The molecule has 108 valence electrons. The zero-order valence-electron chi connectivity index (χ0n) is 11.5. The van der Waals surface area contributed by atoms with Crippen molar-refractivity contribution in [2.45, 2.75) is 0 Å². The molecule has 2 rings (SSSR count). The van der Waals surface area contributed by atoms with Crippen LogP contribution in [0.3, 0.4) is 0 Å². The summed E-state index contributed by atoms with van der Waals surface area (Å²) in [5.74, 6) is 0. The number of anilines is 2. The molecule has 0 unspecified atom stereocenters. The van der Waals surface area contributed by atoms with Gasteiger partial charge < -0.3 is 5.32 Å². The van der Waals surface area contributed by atoms with Gasteiger partial charge in [0.15, 0.2) is 0 Å². The molecule has 0 saturated carbocycles. The third-order valence-corrected chi connectivity index (χ3v) is 2.76. The summed E-state index contributed by atoms with van der Waals surface area (Å²) in [6.07, 6.45) is 0. The molecular formula is C15H16N4O2. The van der Waals surface area contributed by atoms with E-state index in [1.165, 1.54) is 4.90 Å². The Morgan fingerprint density at radius 1 is 0.857 bits per heavy atom. The van der Waals surface area contributed by atoms with Crippen LogP contribution in [0.15, 0.2) is 60.7 Å². The Morgan fingerprint density at radius 3 is 2.05 bits per heavy atom. The molecule has 6 heteroatoms. The van der Waals surface area contributed by atoms with Crippen LogP contribution in [0.1, 0.15) is 0 Å². The van der Waals surface area contributed by atoms with E-state index < -0.39 is 12.1 Å². The average Bonchev–Trinajstić information content (AvgIpc) is 2.53. The molecule has 6 nitrogen and oxygen atoms in total. The molecule has 0 radical (unpaired) electrons. The minimum absolute atomic E-state index is 0.440. The molecule has 0 aliphatic carbocycles. The fourth-order valence-electron chi connectivity index (χ4n) is 1.65. The first-order chi connectivity index (χ1) is 10.2. The van der Waals surface area contributed by atoms with Gasteiger partial charge in [0.2, 0.25) is 0 Å². The van der Waals surface area contributed by atoms with Crippen molar-refractivity contribution in [3.05, 3.63) is 60.7 Å². The lowest BCUT2D eigenvalue weighted by molar-refractivity contribution is 0.234. The molecule has 0 aliphatic heterocycles. The van der Waals surface area contributed by atoms with Crippen LogP contribution in [0.2, 0.25) is 0 Å². The number of para-hydroxylation sites is 2. The zero-order valence-corrected chi connectivity index (χ0v) is 11.5. The summed E-state index contributed by atoms with van der Waals surface area (Å²) in [4.78, 5) is 24.9. The Bertz CT molecular complexity index is 602. The van der Waals surface area contributed by atoms with E-state index in [1.807, 2.05) is 24.3 Å². The lowest BCUT2D eigenvalue weighted by Gasteiger charge is -2.18. The number of carbonyl (C=O) groups is 2. The van der Waals surface area contributed by atoms with Crippen molar-refractivity contribution in [2.75, 3.05) is 17.3 Å². The van der Waals surface area contributed by atoms with Gasteiger partial charge in [-0.05, 0) is 24.3 Å². The standard InChI is InChI=1S/C15H16N4O2/c1-19(13-10-6-3-7-11-13)15(21)18-17-14(20)16-12-8-4-2-5-9-12/h2-11H,1H3,(H,18,21)(H2,16,17,20). The molecule has 0 aliphatic rings. The second-order valence-electron chi connectivity index (χ2n) is 4.27. The van der Waals surface area contributed by atoms with Gasteiger partial charge in [-0.3, -0.25) is 4.90 Å². The summed E-state index contributed by atoms with van der Waals surface area (Å²) in [6.45, 7) is 0. The third-order valence-electron chi connectivity index (χ3n) is 2.76. The monoisotopic (exact) mass is 284 g/mol. The first kappa shape index (κ1) is 14.4. The third kappa shape index (κ3) is 4.24. The number of rotatable bonds is 2. The molecule has 0 spiro atoms. The lowest BCUT2D eigenvalue weighted by atomic mass is 10.3. The fourth-order valence-corrected chi connectivity index (χ4v) is 1.65. The Morgan fingerprint density at radius 2 is 1.43 bits per heavy atom. The quantitative estimate of drug-likeness (QED) is 0.741. The number of hydrazine groups is 1. The Kier molecular flexibility index (Phi) is 4.76. The second kappa shape index (κ2) is 6.95. The first-order valence-corrected chi connectivity index (χ1v) is 6.37. The first-order valence-electron chi connectivity index (χ1n) is 6.37. The maximum absolute atomic E-state index is 11.9. The lowest BCUT2D eigenvalue weighted by Crippen LogP contribution is -2.49. The number of nitrogens with zero attached hydrogens (tertiary/aromatic N) is 1. The highest BCUT2D eigenvalue weighted by molar-refractivity contribution is 5.95. The molecule has 0 aromatic heterocycles. The van der Waals surface area contributed by atoms with Crippen molar-refractivity contribution in [1.29, 1.82) is 0 Å². The van der Waals surface area contributed by atoms with Crippen LogP contribution in [-0.4, -0.2) is 19.1 Å². The van der Waals surface area contributed by atoms with E-state index in [0.29, 0.717) is 5.69 Å². The maximum Gasteiger partial charge on any atom is 0.340 e. The van der Waals surface area contributed by atoms with E-state index in [0.717, 1.165) is 5.69 Å². The normalized spacial score (nSPS) is 9.57. The zero-order chi connectivity index (χ0) is 15.1. The van der Waals surface area contributed by atoms with Crippen molar-refractivity contribution in [1.82, 2.24) is 10.9 Å². The molecule has 0 bridgehead atoms. The average molecular weight is 284 g/mol. The van der Waals surface area contributed by atoms with Crippen LogP contribution in [0, 0.1) is 0 Å². The highest BCUT2D eigenvalue weighted by Gasteiger charge is 2.10. The largest absolute Gasteiger partial charge is 0.340 e. The fraction of sp³-hybridized carbons (Fsp3) is 0.0667. The van der Waals surface area contributed by atoms with Gasteiger partial charge in [-0.25, -0.2) is 20.4 Å². The highest BCUT2D eigenvalue weighted by Crippen LogP contribution is 2.10. The topological polar surface area (TPSA) is 73.5 Å². The second-order valence-corrected chi connectivity index (χ2v) is 4.27. The van der Waals surface area contributed by atoms with Gasteiger partial charge in [-0.2, -0.15) is 0 Å². The summed E-state index contributed by atoms with van der Waals surface area (Å²) in [5.41, 5.74) is 5.98. The van der Waals surface area contributed by atoms with E-state index in [-0.39, 0.29) is 0 Å². The number of carbonyl (C=O) groups excluding carboxylic acids is 2. The molecule has 0 atom stereocenters. The number of nitrogens with one attached hydrogen (secondary N) is 3. The van der Waals surface area contributed by atoms with E-state index in [4.69, 9.17) is 0 Å². The van der Waals surface area contributed by atoms with Crippen LogP contribution in [-0.2, 0) is 0 Å².